The zero-order valence-electron chi connectivity index (χ0n) is 15.9. The van der Waals surface area contributed by atoms with Crippen LogP contribution in [0.25, 0.3) is 0 Å². The second kappa shape index (κ2) is 8.78. The first kappa shape index (κ1) is 21.1. The molecule has 0 saturated heterocycles. The molecule has 0 unspecified atom stereocenters. The molecule has 1 aromatic rings. The Kier molecular flexibility index (Phi) is 6.61. The van der Waals surface area contributed by atoms with Crippen molar-refractivity contribution in [1.82, 2.24) is 0 Å². The molecular weight excluding hydrogens is 379 g/mol. The van der Waals surface area contributed by atoms with Crippen molar-refractivity contribution in [3.05, 3.63) is 29.1 Å². The lowest BCUT2D eigenvalue weighted by molar-refractivity contribution is -0.141. The van der Waals surface area contributed by atoms with E-state index in [1.807, 2.05) is 0 Å². The first-order valence-corrected chi connectivity index (χ1v) is 10.1. The van der Waals surface area contributed by atoms with Gasteiger partial charge in [0, 0.05) is 0 Å². The first-order chi connectivity index (χ1) is 13.3. The van der Waals surface area contributed by atoms with Crippen LogP contribution in [0.2, 0.25) is 0 Å². The van der Waals surface area contributed by atoms with Crippen molar-refractivity contribution in [2.24, 2.45) is 23.7 Å². The Bertz CT molecular complexity index is 691. The molecule has 0 atom stereocenters. The van der Waals surface area contributed by atoms with Gasteiger partial charge in [-0.2, -0.15) is 8.78 Å². The van der Waals surface area contributed by atoms with Gasteiger partial charge in [0.1, 0.15) is 0 Å². The quantitative estimate of drug-likeness (QED) is 0.193. The van der Waals surface area contributed by atoms with Crippen molar-refractivity contribution in [3.63, 3.8) is 0 Å². The van der Waals surface area contributed by atoms with E-state index in [2.05, 4.69) is 11.7 Å². The van der Waals surface area contributed by atoms with Gasteiger partial charge in [-0.05, 0) is 56.3 Å². The average Bonchev–Trinajstić information content (AvgIpc) is 2.74. The van der Waals surface area contributed by atoms with Gasteiger partial charge < -0.3 is 4.74 Å². The molecule has 0 spiro atoms. The van der Waals surface area contributed by atoms with Crippen molar-refractivity contribution in [2.75, 3.05) is 0 Å². The van der Waals surface area contributed by atoms with Gasteiger partial charge >= 0.3 is 5.97 Å². The van der Waals surface area contributed by atoms with Crippen LogP contribution in [-0.2, 0) is 4.79 Å². The summed E-state index contributed by atoms with van der Waals surface area (Å²) in [7, 11) is 0. The smallest absolute Gasteiger partial charge is 0.314 e. The molecule has 28 heavy (non-hydrogen) atoms. The lowest BCUT2D eigenvalue weighted by Gasteiger charge is -2.37. The third-order valence-corrected chi connectivity index (χ3v) is 6.61. The van der Waals surface area contributed by atoms with Crippen LogP contribution in [0.3, 0.4) is 0 Å². The number of benzene rings is 1. The van der Waals surface area contributed by atoms with Gasteiger partial charge in [-0.3, -0.25) is 4.79 Å². The molecule has 3 rings (SSSR count). The van der Waals surface area contributed by atoms with E-state index in [1.165, 1.54) is 32.1 Å². The summed E-state index contributed by atoms with van der Waals surface area (Å²) in [5, 5.41) is 0. The van der Waals surface area contributed by atoms with Gasteiger partial charge in [0.05, 0.1) is 5.92 Å². The van der Waals surface area contributed by atoms with Crippen LogP contribution < -0.4 is 4.74 Å². The summed E-state index contributed by atoms with van der Waals surface area (Å²) < 4.78 is 71.6. The molecule has 0 aromatic heterocycles. The Balaban J connectivity index is 1.58. The van der Waals surface area contributed by atoms with Gasteiger partial charge in [-0.25, -0.2) is 13.2 Å². The molecule has 2 saturated carbocycles. The maximum absolute atomic E-state index is 13.7. The average molecular weight is 404 g/mol. The molecule has 0 heterocycles. The highest BCUT2D eigenvalue weighted by Crippen LogP contribution is 2.42. The SMILES string of the molecule is CC[C@H]1CC[C@H]([C@H]2CC[C@H](C(=O)Oc3c(F)c(F)c(F)c(F)c3F)CC2)CC1. The molecule has 2 nitrogen and oxygen atoms in total. The summed E-state index contributed by atoms with van der Waals surface area (Å²) in [4.78, 5) is 12.3. The molecule has 0 radical (unpaired) electrons. The molecule has 0 aliphatic heterocycles. The van der Waals surface area contributed by atoms with Crippen molar-refractivity contribution < 1.29 is 31.5 Å². The summed E-state index contributed by atoms with van der Waals surface area (Å²) in [6, 6.07) is 0. The Morgan fingerprint density at radius 3 is 1.64 bits per heavy atom. The van der Waals surface area contributed by atoms with Crippen LogP contribution in [0.15, 0.2) is 0 Å². The number of rotatable bonds is 4. The van der Waals surface area contributed by atoms with E-state index in [9.17, 15) is 26.7 Å². The Hall–Kier alpha value is -1.66. The summed E-state index contributed by atoms with van der Waals surface area (Å²) in [6.07, 6.45) is 8.73. The highest BCUT2D eigenvalue weighted by Gasteiger charge is 2.35. The van der Waals surface area contributed by atoms with E-state index in [0.29, 0.717) is 24.7 Å². The molecule has 0 bridgehead atoms. The number of hydrogen-bond donors (Lipinski definition) is 0. The Morgan fingerprint density at radius 1 is 0.750 bits per heavy atom. The number of hydrogen-bond acceptors (Lipinski definition) is 2. The fourth-order valence-corrected chi connectivity index (χ4v) is 4.75. The van der Waals surface area contributed by atoms with E-state index < -0.39 is 46.7 Å². The van der Waals surface area contributed by atoms with Crippen LogP contribution in [0, 0.1) is 52.8 Å². The highest BCUT2D eigenvalue weighted by atomic mass is 19.2. The molecular formula is C21H25F5O2. The minimum atomic E-state index is -2.27. The number of ether oxygens (including phenoxy) is 1. The lowest BCUT2D eigenvalue weighted by Crippen LogP contribution is -2.30. The zero-order chi connectivity index (χ0) is 20.4. The largest absolute Gasteiger partial charge is 0.420 e. The first-order valence-electron chi connectivity index (χ1n) is 10.1. The van der Waals surface area contributed by atoms with Crippen LogP contribution >= 0.6 is 0 Å². The monoisotopic (exact) mass is 404 g/mol. The molecule has 156 valence electrons. The number of carbonyl (C=O) groups is 1. The maximum Gasteiger partial charge on any atom is 0.314 e. The van der Waals surface area contributed by atoms with Gasteiger partial charge in [0.25, 0.3) is 0 Å². The van der Waals surface area contributed by atoms with Crippen molar-refractivity contribution in [1.29, 1.82) is 0 Å². The van der Waals surface area contributed by atoms with Gasteiger partial charge in [0.15, 0.2) is 0 Å². The minimum absolute atomic E-state index is 0.507. The van der Waals surface area contributed by atoms with Crippen molar-refractivity contribution >= 4 is 5.97 Å². The predicted octanol–water partition coefficient (Wildman–Crippen LogP) is 6.31. The third-order valence-electron chi connectivity index (χ3n) is 6.61. The minimum Gasteiger partial charge on any atom is -0.420 e. The molecule has 2 aliphatic carbocycles. The lowest BCUT2D eigenvalue weighted by atomic mass is 9.69. The standard InChI is InChI=1S/C21H25F5O2/c1-2-11-3-5-12(6-4-11)13-7-9-14(10-8-13)21(27)28-20-18(25)16(23)15(22)17(24)19(20)26/h11-14H,2-10H2,1H3/t11-,12-,13-,14-. The summed E-state index contributed by atoms with van der Waals surface area (Å²) >= 11 is 0. The van der Waals surface area contributed by atoms with Crippen LogP contribution in [0.4, 0.5) is 22.0 Å². The van der Waals surface area contributed by atoms with E-state index in [0.717, 1.165) is 18.8 Å². The van der Waals surface area contributed by atoms with Crippen LogP contribution in [0.1, 0.15) is 64.7 Å². The van der Waals surface area contributed by atoms with Crippen LogP contribution in [-0.4, -0.2) is 5.97 Å². The van der Waals surface area contributed by atoms with Crippen LogP contribution in [0.5, 0.6) is 5.75 Å². The summed E-state index contributed by atoms with van der Waals surface area (Å²) in [5.74, 6) is -11.8. The van der Waals surface area contributed by atoms with Gasteiger partial charge in [-0.1, -0.05) is 26.2 Å². The molecule has 1 aromatic carbocycles. The normalized spacial score (nSPS) is 28.2. The second-order valence-electron chi connectivity index (χ2n) is 8.12. The van der Waals surface area contributed by atoms with Gasteiger partial charge in [-0.15, -0.1) is 0 Å². The predicted molar refractivity (Wildman–Crippen MR) is 93.1 cm³/mol. The van der Waals surface area contributed by atoms with Crippen molar-refractivity contribution in [3.8, 4) is 5.75 Å². The number of carbonyl (C=O) groups excluding carboxylic acids is 1. The van der Waals surface area contributed by atoms with Gasteiger partial charge in [0.2, 0.25) is 34.8 Å². The highest BCUT2D eigenvalue weighted by molar-refractivity contribution is 5.75. The Morgan fingerprint density at radius 2 is 1.18 bits per heavy atom. The van der Waals surface area contributed by atoms with E-state index in [4.69, 9.17) is 0 Å². The van der Waals surface area contributed by atoms with E-state index >= 15 is 0 Å². The fourth-order valence-electron chi connectivity index (χ4n) is 4.75. The number of esters is 1. The molecule has 0 amide bonds. The molecule has 2 aliphatic rings. The number of halogens is 5. The van der Waals surface area contributed by atoms with E-state index in [1.54, 1.807) is 0 Å². The topological polar surface area (TPSA) is 26.3 Å². The maximum atomic E-state index is 13.7. The second-order valence-corrected chi connectivity index (χ2v) is 8.12. The molecule has 7 heteroatoms. The fraction of sp³-hybridized carbons (Fsp3) is 0.667. The third kappa shape index (κ3) is 4.18. The molecule has 2 fully saturated rings. The summed E-state index contributed by atoms with van der Waals surface area (Å²) in [5.41, 5.74) is 0. The Labute approximate surface area is 161 Å². The molecule has 0 N–H and O–H groups in total. The van der Waals surface area contributed by atoms with Crippen molar-refractivity contribution in [2.45, 2.75) is 64.7 Å². The van der Waals surface area contributed by atoms with E-state index in [-0.39, 0.29) is 0 Å². The zero-order valence-corrected chi connectivity index (χ0v) is 15.9. The summed E-state index contributed by atoms with van der Waals surface area (Å²) in [6.45, 7) is 2.21.